The van der Waals surface area contributed by atoms with Crippen molar-refractivity contribution in [3.8, 4) is 0 Å². The molecule has 0 aliphatic carbocycles. The monoisotopic (exact) mass is 255 g/mol. The number of nitrogens with two attached hydrogens (primary N) is 1. The van der Waals surface area contributed by atoms with E-state index in [1.54, 1.807) is 0 Å². The quantitative estimate of drug-likeness (QED) is 0.688. The summed E-state index contributed by atoms with van der Waals surface area (Å²) < 4.78 is 0. The van der Waals surface area contributed by atoms with Crippen molar-refractivity contribution in [1.29, 1.82) is 0 Å². The van der Waals surface area contributed by atoms with Gasteiger partial charge < -0.3 is 16.0 Å². The second kappa shape index (κ2) is 8.48. The number of rotatable bonds is 8. The summed E-state index contributed by atoms with van der Waals surface area (Å²) in [7, 11) is 0. The highest BCUT2D eigenvalue weighted by Crippen LogP contribution is 2.19. The summed E-state index contributed by atoms with van der Waals surface area (Å²) >= 11 is 0. The van der Waals surface area contributed by atoms with E-state index < -0.39 is 0 Å². The zero-order chi connectivity index (χ0) is 13.4. The average molecular weight is 255 g/mol. The molecule has 1 amide bonds. The SMILES string of the molecule is CCCNC(CCN1CCCC(CC)C1)C(N)=O. The fourth-order valence-corrected chi connectivity index (χ4v) is 2.66. The van der Waals surface area contributed by atoms with Gasteiger partial charge in [0.25, 0.3) is 0 Å². The standard InChI is InChI=1S/C14H29N3O/c1-3-8-16-13(14(15)18)7-10-17-9-5-6-12(4-2)11-17/h12-13,16H,3-11H2,1-2H3,(H2,15,18). The van der Waals surface area contributed by atoms with Crippen LogP contribution in [-0.4, -0.2) is 43.0 Å². The molecule has 1 aliphatic rings. The topological polar surface area (TPSA) is 58.4 Å². The minimum Gasteiger partial charge on any atom is -0.368 e. The fraction of sp³-hybridized carbons (Fsp3) is 0.929. The molecule has 0 spiro atoms. The third kappa shape index (κ3) is 5.36. The van der Waals surface area contributed by atoms with Crippen molar-refractivity contribution < 1.29 is 4.79 Å². The van der Waals surface area contributed by atoms with Crippen molar-refractivity contribution in [2.45, 2.75) is 52.0 Å². The van der Waals surface area contributed by atoms with E-state index in [2.05, 4.69) is 24.1 Å². The van der Waals surface area contributed by atoms with Crippen LogP contribution in [0.15, 0.2) is 0 Å². The third-order valence-electron chi connectivity index (χ3n) is 3.90. The summed E-state index contributed by atoms with van der Waals surface area (Å²) in [4.78, 5) is 13.8. The van der Waals surface area contributed by atoms with E-state index in [-0.39, 0.29) is 11.9 Å². The number of primary amides is 1. The Morgan fingerprint density at radius 2 is 2.28 bits per heavy atom. The van der Waals surface area contributed by atoms with Gasteiger partial charge in [0, 0.05) is 13.1 Å². The summed E-state index contributed by atoms with van der Waals surface area (Å²) in [6.45, 7) is 8.59. The zero-order valence-corrected chi connectivity index (χ0v) is 12.0. The van der Waals surface area contributed by atoms with Crippen LogP contribution < -0.4 is 11.1 Å². The van der Waals surface area contributed by atoms with Gasteiger partial charge in [0.2, 0.25) is 5.91 Å². The molecule has 1 rings (SSSR count). The number of hydrogen-bond acceptors (Lipinski definition) is 3. The molecule has 0 aromatic heterocycles. The summed E-state index contributed by atoms with van der Waals surface area (Å²) in [5, 5.41) is 3.23. The highest BCUT2D eigenvalue weighted by Gasteiger charge is 2.20. The maximum atomic E-state index is 11.3. The van der Waals surface area contributed by atoms with E-state index in [1.165, 1.54) is 32.4 Å². The molecule has 0 bridgehead atoms. The van der Waals surface area contributed by atoms with Crippen LogP contribution in [0.4, 0.5) is 0 Å². The van der Waals surface area contributed by atoms with Gasteiger partial charge in [-0.3, -0.25) is 4.79 Å². The Labute approximate surface area is 111 Å². The Hall–Kier alpha value is -0.610. The Morgan fingerprint density at radius 1 is 1.50 bits per heavy atom. The molecule has 1 saturated heterocycles. The van der Waals surface area contributed by atoms with E-state index in [0.29, 0.717) is 0 Å². The summed E-state index contributed by atoms with van der Waals surface area (Å²) in [6, 6.07) is -0.160. The van der Waals surface area contributed by atoms with Crippen LogP contribution in [0.3, 0.4) is 0 Å². The molecule has 106 valence electrons. The van der Waals surface area contributed by atoms with Crippen LogP contribution in [0.25, 0.3) is 0 Å². The molecular formula is C14H29N3O. The Balaban J connectivity index is 2.30. The van der Waals surface area contributed by atoms with Crippen LogP contribution >= 0.6 is 0 Å². The molecule has 0 saturated carbocycles. The van der Waals surface area contributed by atoms with Crippen molar-refractivity contribution in [1.82, 2.24) is 10.2 Å². The van der Waals surface area contributed by atoms with Crippen molar-refractivity contribution in [2.75, 3.05) is 26.2 Å². The molecular weight excluding hydrogens is 226 g/mol. The number of carbonyl (C=O) groups excluding carboxylic acids is 1. The Bertz CT molecular complexity index is 245. The van der Waals surface area contributed by atoms with Gasteiger partial charge in [0.15, 0.2) is 0 Å². The highest BCUT2D eigenvalue weighted by atomic mass is 16.1. The largest absolute Gasteiger partial charge is 0.368 e. The molecule has 1 heterocycles. The van der Waals surface area contributed by atoms with E-state index in [0.717, 1.165) is 31.8 Å². The molecule has 18 heavy (non-hydrogen) atoms. The number of nitrogens with zero attached hydrogens (tertiary/aromatic N) is 1. The van der Waals surface area contributed by atoms with Crippen molar-refractivity contribution >= 4 is 5.91 Å². The first-order chi connectivity index (χ1) is 8.67. The van der Waals surface area contributed by atoms with E-state index in [4.69, 9.17) is 5.73 Å². The van der Waals surface area contributed by atoms with Gasteiger partial charge in [-0.05, 0) is 44.7 Å². The van der Waals surface area contributed by atoms with Gasteiger partial charge in [-0.2, -0.15) is 0 Å². The normalized spacial score (nSPS) is 22.9. The van der Waals surface area contributed by atoms with Gasteiger partial charge in [-0.15, -0.1) is 0 Å². The van der Waals surface area contributed by atoms with E-state index >= 15 is 0 Å². The van der Waals surface area contributed by atoms with E-state index in [1.807, 2.05) is 0 Å². The van der Waals surface area contributed by atoms with Crippen LogP contribution in [0.5, 0.6) is 0 Å². The summed E-state index contributed by atoms with van der Waals surface area (Å²) in [5.41, 5.74) is 5.43. The molecule has 3 N–H and O–H groups in total. The first-order valence-electron chi connectivity index (χ1n) is 7.42. The Kier molecular flexibility index (Phi) is 7.28. The number of piperidine rings is 1. The predicted octanol–water partition coefficient (Wildman–Crippen LogP) is 1.35. The van der Waals surface area contributed by atoms with Crippen LogP contribution in [-0.2, 0) is 4.79 Å². The van der Waals surface area contributed by atoms with Gasteiger partial charge in [0.05, 0.1) is 6.04 Å². The van der Waals surface area contributed by atoms with Crippen molar-refractivity contribution in [2.24, 2.45) is 11.7 Å². The molecule has 2 atom stereocenters. The second-order valence-corrected chi connectivity index (χ2v) is 5.41. The molecule has 2 unspecified atom stereocenters. The fourth-order valence-electron chi connectivity index (χ4n) is 2.66. The predicted molar refractivity (Wildman–Crippen MR) is 75.3 cm³/mol. The van der Waals surface area contributed by atoms with Gasteiger partial charge in [-0.25, -0.2) is 0 Å². The lowest BCUT2D eigenvalue weighted by Crippen LogP contribution is -2.45. The average Bonchev–Trinajstić information content (AvgIpc) is 2.38. The lowest BCUT2D eigenvalue weighted by molar-refractivity contribution is -0.120. The maximum absolute atomic E-state index is 11.3. The molecule has 0 radical (unpaired) electrons. The molecule has 0 aromatic carbocycles. The first-order valence-corrected chi connectivity index (χ1v) is 7.42. The van der Waals surface area contributed by atoms with E-state index in [9.17, 15) is 4.79 Å². The van der Waals surface area contributed by atoms with Crippen molar-refractivity contribution in [3.05, 3.63) is 0 Å². The van der Waals surface area contributed by atoms with Gasteiger partial charge in [0.1, 0.15) is 0 Å². The van der Waals surface area contributed by atoms with Crippen molar-refractivity contribution in [3.63, 3.8) is 0 Å². The van der Waals surface area contributed by atoms with Gasteiger partial charge in [-0.1, -0.05) is 20.3 Å². The number of nitrogens with one attached hydrogen (secondary N) is 1. The summed E-state index contributed by atoms with van der Waals surface area (Å²) in [6.07, 6.45) is 5.80. The minimum atomic E-state index is -0.215. The second-order valence-electron chi connectivity index (χ2n) is 5.41. The molecule has 4 nitrogen and oxygen atoms in total. The third-order valence-corrected chi connectivity index (χ3v) is 3.90. The lowest BCUT2D eigenvalue weighted by atomic mass is 9.95. The molecule has 0 aromatic rings. The number of likely N-dealkylation sites (tertiary alicyclic amines) is 1. The number of amides is 1. The first kappa shape index (κ1) is 15.4. The molecule has 1 aliphatic heterocycles. The minimum absolute atomic E-state index is 0.160. The van der Waals surface area contributed by atoms with Crippen LogP contribution in [0, 0.1) is 5.92 Å². The summed E-state index contributed by atoms with van der Waals surface area (Å²) in [5.74, 6) is 0.627. The van der Waals surface area contributed by atoms with Crippen LogP contribution in [0.1, 0.15) is 46.0 Å². The van der Waals surface area contributed by atoms with Crippen LogP contribution in [0.2, 0.25) is 0 Å². The number of carbonyl (C=O) groups is 1. The number of hydrogen-bond donors (Lipinski definition) is 2. The lowest BCUT2D eigenvalue weighted by Gasteiger charge is -2.33. The smallest absolute Gasteiger partial charge is 0.234 e. The zero-order valence-electron chi connectivity index (χ0n) is 12.0. The molecule has 1 fully saturated rings. The highest BCUT2D eigenvalue weighted by molar-refractivity contribution is 5.79. The maximum Gasteiger partial charge on any atom is 0.234 e. The Morgan fingerprint density at radius 3 is 2.89 bits per heavy atom. The van der Waals surface area contributed by atoms with Gasteiger partial charge >= 0.3 is 0 Å². The molecule has 4 heteroatoms.